The fourth-order valence-corrected chi connectivity index (χ4v) is 12.6. The summed E-state index contributed by atoms with van der Waals surface area (Å²) in [5.74, 6) is -0.727. The van der Waals surface area contributed by atoms with Crippen molar-refractivity contribution in [3.05, 3.63) is 215 Å². The highest BCUT2D eigenvalue weighted by atomic mass is 19.1. The Hall–Kier alpha value is -7.76. The third-order valence-electron chi connectivity index (χ3n) is 16.8. The number of benzene rings is 9. The van der Waals surface area contributed by atoms with Gasteiger partial charge in [-0.05, 0) is 142 Å². The monoisotopic (exact) mass is 1030 g/mol. The molecule has 12 aromatic rings. The van der Waals surface area contributed by atoms with Gasteiger partial charge in [-0.3, -0.25) is 0 Å². The van der Waals surface area contributed by atoms with Gasteiger partial charge in [0.2, 0.25) is 0 Å². The van der Waals surface area contributed by atoms with Gasteiger partial charge in [0.05, 0.1) is 39.0 Å². The van der Waals surface area contributed by atoms with Crippen LogP contribution >= 0.6 is 0 Å². The molecule has 5 heteroatoms. The number of hydrogen-bond acceptors (Lipinski definition) is 0. The minimum Gasteiger partial charge on any atom is -0.331 e. The SMILES string of the molecule is CC(C)(C)c1ccc2c(c1)c1cc(C(C)(C)C)ccc1n2-c1cc(-n2c3ccc(C(C)(C)C)cc3c3cc(C(C)(C)C)ccc32)c(-c2ccccc2F)c(C(C)(C)n2c3ccccc3c3ccccc32)c1-c1ccccc1F. The van der Waals surface area contributed by atoms with Gasteiger partial charge in [0.25, 0.3) is 0 Å². The first-order chi connectivity index (χ1) is 36.8. The molecule has 0 fully saturated rings. The van der Waals surface area contributed by atoms with Gasteiger partial charge in [-0.25, -0.2) is 8.78 Å². The molecule has 0 saturated heterocycles. The lowest BCUT2D eigenvalue weighted by atomic mass is 9.78. The average molecular weight is 1030 g/mol. The zero-order valence-electron chi connectivity index (χ0n) is 47.8. The lowest BCUT2D eigenvalue weighted by Crippen LogP contribution is -2.30. The summed E-state index contributed by atoms with van der Waals surface area (Å²) < 4.78 is 43.0. The van der Waals surface area contributed by atoms with Gasteiger partial charge in [-0.2, -0.15) is 0 Å². The van der Waals surface area contributed by atoms with Crippen molar-refractivity contribution in [2.75, 3.05) is 0 Å². The zero-order valence-corrected chi connectivity index (χ0v) is 47.8. The van der Waals surface area contributed by atoms with Crippen molar-refractivity contribution in [2.45, 2.75) is 124 Å². The van der Waals surface area contributed by atoms with Crippen LogP contribution in [0.4, 0.5) is 8.78 Å². The predicted octanol–water partition coefficient (Wildman–Crippen LogP) is 20.6. The van der Waals surface area contributed by atoms with Crippen molar-refractivity contribution < 1.29 is 8.78 Å². The Morgan fingerprint density at radius 2 is 0.590 bits per heavy atom. The van der Waals surface area contributed by atoms with Crippen molar-refractivity contribution in [3.8, 4) is 33.6 Å². The molecule has 0 N–H and O–H groups in total. The first kappa shape index (κ1) is 51.0. The molecule has 0 amide bonds. The Morgan fingerprint density at radius 3 is 0.897 bits per heavy atom. The van der Waals surface area contributed by atoms with Crippen molar-refractivity contribution in [2.24, 2.45) is 0 Å². The molecule has 3 nitrogen and oxygen atoms in total. The van der Waals surface area contributed by atoms with E-state index in [4.69, 9.17) is 0 Å². The molecule has 0 aliphatic rings. The highest BCUT2D eigenvalue weighted by Crippen LogP contribution is 2.53. The van der Waals surface area contributed by atoms with Gasteiger partial charge >= 0.3 is 0 Å². The van der Waals surface area contributed by atoms with E-state index in [9.17, 15) is 0 Å². The first-order valence-electron chi connectivity index (χ1n) is 27.7. The molecular formula is C73H71F2N3. The van der Waals surface area contributed by atoms with E-state index in [0.717, 1.165) is 82.4 Å². The van der Waals surface area contributed by atoms with Crippen LogP contribution in [0.15, 0.2) is 176 Å². The summed E-state index contributed by atoms with van der Waals surface area (Å²) in [6.07, 6.45) is 0. The number of aromatic nitrogens is 3. The Kier molecular flexibility index (Phi) is 11.5. The lowest BCUT2D eigenvalue weighted by Gasteiger charge is -2.37. The van der Waals surface area contributed by atoms with Crippen molar-refractivity contribution >= 4 is 65.4 Å². The molecule has 9 aromatic carbocycles. The maximum Gasteiger partial charge on any atom is 0.131 e. The number of rotatable bonds is 6. The van der Waals surface area contributed by atoms with Gasteiger partial charge in [0.15, 0.2) is 0 Å². The minimum atomic E-state index is -1.02. The number of para-hydroxylation sites is 2. The smallest absolute Gasteiger partial charge is 0.131 e. The van der Waals surface area contributed by atoms with Crippen LogP contribution in [0.2, 0.25) is 0 Å². The van der Waals surface area contributed by atoms with E-state index in [0.29, 0.717) is 22.3 Å². The van der Waals surface area contributed by atoms with E-state index in [1.165, 1.54) is 22.3 Å². The lowest BCUT2D eigenvalue weighted by molar-refractivity contribution is 0.466. The third-order valence-corrected chi connectivity index (χ3v) is 16.8. The molecule has 3 heterocycles. The fourth-order valence-electron chi connectivity index (χ4n) is 12.6. The summed E-state index contributed by atoms with van der Waals surface area (Å²) in [6, 6.07) is 61.3. The molecule has 0 atom stereocenters. The Bertz CT molecular complexity index is 4000. The number of halogens is 2. The summed E-state index contributed by atoms with van der Waals surface area (Å²) in [6.45, 7) is 31.7. The maximum absolute atomic E-state index is 17.9. The Balaban J connectivity index is 1.39. The van der Waals surface area contributed by atoms with Gasteiger partial charge in [0.1, 0.15) is 11.6 Å². The fraction of sp³-hybridized carbons (Fsp3) is 0.260. The van der Waals surface area contributed by atoms with Crippen LogP contribution in [0.25, 0.3) is 99.0 Å². The van der Waals surface area contributed by atoms with Crippen molar-refractivity contribution in [1.82, 2.24) is 13.7 Å². The maximum atomic E-state index is 17.9. The zero-order chi connectivity index (χ0) is 55.2. The first-order valence-corrected chi connectivity index (χ1v) is 27.7. The van der Waals surface area contributed by atoms with E-state index in [2.05, 4.69) is 238 Å². The Labute approximate surface area is 458 Å². The molecule has 0 aliphatic carbocycles. The number of hydrogen-bond donors (Lipinski definition) is 0. The largest absolute Gasteiger partial charge is 0.331 e. The van der Waals surface area contributed by atoms with Gasteiger partial charge in [-0.15, -0.1) is 0 Å². The third kappa shape index (κ3) is 8.01. The summed E-state index contributed by atoms with van der Waals surface area (Å²) >= 11 is 0. The molecule has 0 spiro atoms. The van der Waals surface area contributed by atoms with Crippen LogP contribution in [0, 0.1) is 11.6 Å². The summed E-state index contributed by atoms with van der Waals surface area (Å²) in [5, 5.41) is 6.69. The number of fused-ring (bicyclic) bond motifs is 9. The number of nitrogens with zero attached hydrogens (tertiary/aromatic N) is 3. The minimum absolute atomic E-state index is 0.132. The molecule has 12 rings (SSSR count). The predicted molar refractivity (Wildman–Crippen MR) is 329 cm³/mol. The standard InChI is InChI=1S/C73H71F2N3/c1-69(2,3)44-31-35-58-52(39-44)53-40-45(70(4,5)6)32-36-59(53)76(58)64-43-65(77-60-37-33-46(71(7,8)9)41-54(60)55-42-47(72(10,11)12)34-38-61(55)77)67(51-26-16-20-28-57(51)75)68(66(64)50-25-15-19-27-56(50)74)73(13,14)78-62-29-21-17-23-48(62)49-24-18-22-30-63(49)78/h15-43H,1-14H3. The van der Waals surface area contributed by atoms with Gasteiger partial charge < -0.3 is 13.7 Å². The second kappa shape index (κ2) is 17.6. The summed E-state index contributed by atoms with van der Waals surface area (Å²) in [4.78, 5) is 0. The Morgan fingerprint density at radius 1 is 0.295 bits per heavy atom. The van der Waals surface area contributed by atoms with Crippen LogP contribution in [-0.2, 0) is 27.2 Å². The van der Waals surface area contributed by atoms with Crippen LogP contribution < -0.4 is 0 Å². The van der Waals surface area contributed by atoms with E-state index >= 15 is 8.78 Å². The molecule has 3 aromatic heterocycles. The van der Waals surface area contributed by atoms with E-state index in [1.807, 2.05) is 24.3 Å². The second-order valence-corrected chi connectivity index (χ2v) is 26.5. The average Bonchev–Trinajstić information content (AvgIpc) is 3.78. The topological polar surface area (TPSA) is 14.8 Å². The van der Waals surface area contributed by atoms with Crippen molar-refractivity contribution in [1.29, 1.82) is 0 Å². The second-order valence-electron chi connectivity index (χ2n) is 26.5. The normalized spacial score (nSPS) is 13.1. The molecule has 78 heavy (non-hydrogen) atoms. The molecule has 0 saturated carbocycles. The van der Waals surface area contributed by atoms with Crippen LogP contribution in [0.3, 0.4) is 0 Å². The summed E-state index contributed by atoms with van der Waals surface area (Å²) in [5.41, 5.74) is 14.0. The van der Waals surface area contributed by atoms with E-state index in [1.54, 1.807) is 24.3 Å². The molecule has 0 radical (unpaired) electrons. The molecular weight excluding hydrogens is 957 g/mol. The van der Waals surface area contributed by atoms with Crippen LogP contribution in [0.5, 0.6) is 0 Å². The van der Waals surface area contributed by atoms with Crippen molar-refractivity contribution in [3.63, 3.8) is 0 Å². The van der Waals surface area contributed by atoms with Crippen LogP contribution in [-0.4, -0.2) is 13.7 Å². The molecule has 0 unspecified atom stereocenters. The molecule has 0 aliphatic heterocycles. The van der Waals surface area contributed by atoms with Gasteiger partial charge in [-0.1, -0.05) is 180 Å². The van der Waals surface area contributed by atoms with Crippen LogP contribution in [0.1, 0.15) is 125 Å². The summed E-state index contributed by atoms with van der Waals surface area (Å²) in [7, 11) is 0. The highest BCUT2D eigenvalue weighted by Gasteiger charge is 2.39. The van der Waals surface area contributed by atoms with E-state index < -0.39 is 5.54 Å². The van der Waals surface area contributed by atoms with E-state index in [-0.39, 0.29) is 33.3 Å². The molecule has 392 valence electrons. The molecule has 0 bridgehead atoms. The quantitative estimate of drug-likeness (QED) is 0.158. The van der Waals surface area contributed by atoms with Gasteiger partial charge in [0, 0.05) is 65.6 Å². The highest BCUT2D eigenvalue weighted by molar-refractivity contribution is 6.14.